The van der Waals surface area contributed by atoms with Crippen LogP contribution in [0, 0.1) is 0 Å². The summed E-state index contributed by atoms with van der Waals surface area (Å²) in [4.78, 5) is 20.5. The summed E-state index contributed by atoms with van der Waals surface area (Å²) in [6.45, 7) is 4.68. The molecule has 0 aliphatic carbocycles. The van der Waals surface area contributed by atoms with Crippen molar-refractivity contribution in [3.8, 4) is 0 Å². The molecule has 5 heteroatoms. The zero-order valence-corrected chi connectivity index (χ0v) is 10.4. The first-order valence-corrected chi connectivity index (χ1v) is 6.57. The van der Waals surface area contributed by atoms with E-state index in [4.69, 9.17) is 0 Å². The van der Waals surface area contributed by atoms with E-state index < -0.39 is 0 Å². The van der Waals surface area contributed by atoms with Crippen molar-refractivity contribution in [1.82, 2.24) is 10.3 Å². The molecule has 5 nitrogen and oxygen atoms in total. The van der Waals surface area contributed by atoms with Gasteiger partial charge in [-0.15, -0.1) is 0 Å². The Labute approximate surface area is 107 Å². The average molecular weight is 246 g/mol. The molecule has 2 saturated heterocycles. The molecule has 1 amide bonds. The molecule has 3 heterocycles. The number of aromatic nitrogens is 1. The summed E-state index contributed by atoms with van der Waals surface area (Å²) in [5.74, 6) is 1.17. The summed E-state index contributed by atoms with van der Waals surface area (Å²) < 4.78 is 0. The Balaban J connectivity index is 1.91. The molecular formula is C13H18N4O. The second kappa shape index (κ2) is 4.94. The highest BCUT2D eigenvalue weighted by atomic mass is 16.2. The monoisotopic (exact) mass is 246 g/mol. The first-order valence-electron chi connectivity index (χ1n) is 6.57. The molecule has 1 N–H and O–H groups in total. The number of carbonyl (C=O) groups excluding carboxylic acids is 1. The Hall–Kier alpha value is -1.62. The van der Waals surface area contributed by atoms with E-state index >= 15 is 0 Å². The van der Waals surface area contributed by atoms with Crippen LogP contribution in [0.25, 0.3) is 0 Å². The van der Waals surface area contributed by atoms with Crippen LogP contribution in [0.15, 0.2) is 18.3 Å². The Morgan fingerprint density at radius 2 is 2.06 bits per heavy atom. The minimum absolute atomic E-state index is 0.222. The van der Waals surface area contributed by atoms with E-state index in [1.165, 1.54) is 0 Å². The predicted octanol–water partition coefficient (Wildman–Crippen LogP) is 0.618. The maximum atomic E-state index is 11.9. The second-order valence-corrected chi connectivity index (χ2v) is 4.73. The van der Waals surface area contributed by atoms with Crippen LogP contribution in [0.4, 0.5) is 11.5 Å². The van der Waals surface area contributed by atoms with Crippen molar-refractivity contribution in [3.05, 3.63) is 18.3 Å². The lowest BCUT2D eigenvalue weighted by Crippen LogP contribution is -2.44. The topological polar surface area (TPSA) is 48.5 Å². The van der Waals surface area contributed by atoms with Gasteiger partial charge in [-0.05, 0) is 18.6 Å². The molecule has 0 radical (unpaired) electrons. The van der Waals surface area contributed by atoms with Gasteiger partial charge in [0.2, 0.25) is 5.91 Å². The lowest BCUT2D eigenvalue weighted by Gasteiger charge is -2.31. The van der Waals surface area contributed by atoms with E-state index in [9.17, 15) is 4.79 Å². The minimum Gasteiger partial charge on any atom is -0.352 e. The van der Waals surface area contributed by atoms with E-state index in [1.54, 1.807) is 6.20 Å². The van der Waals surface area contributed by atoms with Crippen molar-refractivity contribution >= 4 is 17.4 Å². The van der Waals surface area contributed by atoms with Crippen LogP contribution in [0.3, 0.4) is 0 Å². The van der Waals surface area contributed by atoms with Gasteiger partial charge >= 0.3 is 0 Å². The molecule has 0 unspecified atom stereocenters. The number of piperazine rings is 1. The van der Waals surface area contributed by atoms with Crippen molar-refractivity contribution in [2.75, 3.05) is 42.5 Å². The van der Waals surface area contributed by atoms with Gasteiger partial charge in [0.25, 0.3) is 0 Å². The third-order valence-electron chi connectivity index (χ3n) is 3.55. The maximum absolute atomic E-state index is 11.9. The molecule has 2 fully saturated rings. The van der Waals surface area contributed by atoms with Crippen LogP contribution in [0.5, 0.6) is 0 Å². The molecule has 18 heavy (non-hydrogen) atoms. The van der Waals surface area contributed by atoms with E-state index in [1.807, 2.05) is 17.0 Å². The van der Waals surface area contributed by atoms with E-state index in [0.29, 0.717) is 6.42 Å². The second-order valence-electron chi connectivity index (χ2n) is 4.73. The Morgan fingerprint density at radius 1 is 1.22 bits per heavy atom. The summed E-state index contributed by atoms with van der Waals surface area (Å²) in [5.41, 5.74) is 0.974. The number of anilines is 2. The zero-order chi connectivity index (χ0) is 12.4. The van der Waals surface area contributed by atoms with Gasteiger partial charge in [-0.25, -0.2) is 4.98 Å². The SMILES string of the molecule is O=C1CCCN1c1cccnc1N1CCNCC1. The van der Waals surface area contributed by atoms with Crippen molar-refractivity contribution in [2.45, 2.75) is 12.8 Å². The molecule has 0 bridgehead atoms. The fraction of sp³-hybridized carbons (Fsp3) is 0.538. The average Bonchev–Trinajstić information content (AvgIpc) is 2.86. The van der Waals surface area contributed by atoms with Crippen molar-refractivity contribution in [1.29, 1.82) is 0 Å². The Morgan fingerprint density at radius 3 is 2.78 bits per heavy atom. The van der Waals surface area contributed by atoms with Gasteiger partial charge in [0.15, 0.2) is 5.82 Å². The normalized spacial score (nSPS) is 20.6. The summed E-state index contributed by atoms with van der Waals surface area (Å²) >= 11 is 0. The largest absolute Gasteiger partial charge is 0.352 e. The van der Waals surface area contributed by atoms with E-state index in [-0.39, 0.29) is 5.91 Å². The molecule has 3 rings (SSSR count). The quantitative estimate of drug-likeness (QED) is 0.831. The molecule has 2 aliphatic rings. The lowest BCUT2D eigenvalue weighted by atomic mass is 10.3. The summed E-state index contributed by atoms with van der Waals surface area (Å²) in [6, 6.07) is 3.92. The first kappa shape index (κ1) is 11.5. The lowest BCUT2D eigenvalue weighted by molar-refractivity contribution is -0.117. The minimum atomic E-state index is 0.222. The van der Waals surface area contributed by atoms with Crippen LogP contribution in [-0.2, 0) is 4.79 Å². The van der Waals surface area contributed by atoms with E-state index in [0.717, 1.165) is 50.6 Å². The first-order chi connectivity index (χ1) is 8.86. The molecule has 0 saturated carbocycles. The Kier molecular flexibility index (Phi) is 3.15. The standard InChI is InChI=1S/C13H18N4O/c18-12-4-2-8-17(12)11-3-1-5-15-13(11)16-9-6-14-7-10-16/h1,3,5,14H,2,4,6-10H2. The van der Waals surface area contributed by atoms with Gasteiger partial charge in [0, 0.05) is 45.3 Å². The molecule has 0 aromatic carbocycles. The number of hydrogen-bond donors (Lipinski definition) is 1. The molecule has 1 aromatic heterocycles. The van der Waals surface area contributed by atoms with Crippen LogP contribution in [0.2, 0.25) is 0 Å². The smallest absolute Gasteiger partial charge is 0.227 e. The van der Waals surface area contributed by atoms with Crippen LogP contribution >= 0.6 is 0 Å². The van der Waals surface area contributed by atoms with Gasteiger partial charge in [-0.1, -0.05) is 0 Å². The van der Waals surface area contributed by atoms with Gasteiger partial charge in [-0.3, -0.25) is 4.79 Å². The van der Waals surface area contributed by atoms with Crippen LogP contribution in [0.1, 0.15) is 12.8 Å². The van der Waals surface area contributed by atoms with Gasteiger partial charge < -0.3 is 15.1 Å². The third-order valence-corrected chi connectivity index (χ3v) is 3.55. The number of nitrogens with zero attached hydrogens (tertiary/aromatic N) is 3. The van der Waals surface area contributed by atoms with E-state index in [2.05, 4.69) is 15.2 Å². The number of amides is 1. The van der Waals surface area contributed by atoms with Crippen molar-refractivity contribution in [2.24, 2.45) is 0 Å². The van der Waals surface area contributed by atoms with Gasteiger partial charge in [-0.2, -0.15) is 0 Å². The molecule has 1 aromatic rings. The third kappa shape index (κ3) is 2.06. The van der Waals surface area contributed by atoms with Crippen LogP contribution < -0.4 is 15.1 Å². The predicted molar refractivity (Wildman–Crippen MR) is 70.9 cm³/mol. The highest BCUT2D eigenvalue weighted by Crippen LogP contribution is 2.30. The molecule has 0 spiro atoms. The molecular weight excluding hydrogens is 228 g/mol. The zero-order valence-electron chi connectivity index (χ0n) is 10.4. The Bertz CT molecular complexity index is 442. The number of nitrogens with one attached hydrogen (secondary N) is 1. The van der Waals surface area contributed by atoms with Gasteiger partial charge in [0.05, 0.1) is 5.69 Å². The summed E-state index contributed by atoms with van der Waals surface area (Å²) in [7, 11) is 0. The van der Waals surface area contributed by atoms with Crippen LogP contribution in [-0.4, -0.2) is 43.6 Å². The molecule has 2 aliphatic heterocycles. The molecule has 0 atom stereocenters. The highest BCUT2D eigenvalue weighted by molar-refractivity contribution is 5.97. The summed E-state index contributed by atoms with van der Waals surface area (Å²) in [6.07, 6.45) is 3.42. The molecule has 96 valence electrons. The number of carbonyl (C=O) groups is 1. The van der Waals surface area contributed by atoms with Crippen molar-refractivity contribution < 1.29 is 4.79 Å². The van der Waals surface area contributed by atoms with Gasteiger partial charge in [0.1, 0.15) is 0 Å². The fourth-order valence-electron chi connectivity index (χ4n) is 2.62. The van der Waals surface area contributed by atoms with Crippen molar-refractivity contribution in [3.63, 3.8) is 0 Å². The number of rotatable bonds is 2. The number of pyridine rings is 1. The summed E-state index contributed by atoms with van der Waals surface area (Å²) in [5, 5.41) is 3.33. The fourth-order valence-corrected chi connectivity index (χ4v) is 2.62. The number of hydrogen-bond acceptors (Lipinski definition) is 4. The maximum Gasteiger partial charge on any atom is 0.227 e. The highest BCUT2D eigenvalue weighted by Gasteiger charge is 2.26.